The normalized spacial score (nSPS) is 16.5. The molecule has 2 heterocycles. The Morgan fingerprint density at radius 1 is 1.42 bits per heavy atom. The van der Waals surface area contributed by atoms with Crippen molar-refractivity contribution >= 4 is 41.1 Å². The molecule has 0 unspecified atom stereocenters. The molecule has 0 saturated carbocycles. The van der Waals surface area contributed by atoms with Gasteiger partial charge in [-0.05, 0) is 18.1 Å². The fourth-order valence-electron chi connectivity index (χ4n) is 2.97. The van der Waals surface area contributed by atoms with Crippen LogP contribution in [-0.4, -0.2) is 52.5 Å². The summed E-state index contributed by atoms with van der Waals surface area (Å²) in [5, 5.41) is 24.2. The van der Waals surface area contributed by atoms with Gasteiger partial charge in [0, 0.05) is 17.6 Å². The lowest BCUT2D eigenvalue weighted by molar-refractivity contribution is -0.173. The highest BCUT2D eigenvalue weighted by Crippen LogP contribution is 2.36. The van der Waals surface area contributed by atoms with Crippen LogP contribution < -0.4 is 10.4 Å². The number of carbonyl (C=O) groups excluding carboxylic acids is 1. The zero-order chi connectivity index (χ0) is 22.8. The van der Waals surface area contributed by atoms with Crippen LogP contribution in [0.3, 0.4) is 0 Å². The second-order valence-corrected chi connectivity index (χ2v) is 7.49. The van der Waals surface area contributed by atoms with Crippen LogP contribution >= 0.6 is 11.3 Å². The summed E-state index contributed by atoms with van der Waals surface area (Å²) in [6.07, 6.45) is -4.93. The Kier molecular flexibility index (Phi) is 6.50. The number of fused-ring (bicyclic) bond motifs is 1. The molecule has 0 bridgehead atoms. The maximum Gasteiger partial charge on any atom is 0.526 e. The average Bonchev–Trinajstić information content (AvgIpc) is 3.10. The third-order valence-electron chi connectivity index (χ3n) is 4.31. The third-order valence-corrected chi connectivity index (χ3v) is 4.99. The lowest BCUT2D eigenvalue weighted by Gasteiger charge is -2.28. The molecular formula is C17H15BF3N3O6S. The summed E-state index contributed by atoms with van der Waals surface area (Å²) >= 11 is 0.957. The van der Waals surface area contributed by atoms with E-state index < -0.39 is 43.2 Å². The number of hydrogen-bond donors (Lipinski definition) is 3. The summed E-state index contributed by atoms with van der Waals surface area (Å²) in [6, 6.07) is 4.40. The van der Waals surface area contributed by atoms with Crippen molar-refractivity contribution in [3.63, 3.8) is 0 Å². The number of carboxylic acid groups (broad SMARTS) is 1. The van der Waals surface area contributed by atoms with Gasteiger partial charge in [0.05, 0.1) is 5.56 Å². The van der Waals surface area contributed by atoms with Gasteiger partial charge in [-0.3, -0.25) is 4.79 Å². The van der Waals surface area contributed by atoms with E-state index >= 15 is 0 Å². The first-order valence-corrected chi connectivity index (χ1v) is 9.64. The zero-order valence-corrected chi connectivity index (χ0v) is 16.4. The molecule has 9 nitrogen and oxygen atoms in total. The minimum atomic E-state index is -4.66. The van der Waals surface area contributed by atoms with E-state index in [1.807, 2.05) is 0 Å². The van der Waals surface area contributed by atoms with Crippen LogP contribution in [0.25, 0.3) is 0 Å². The van der Waals surface area contributed by atoms with Gasteiger partial charge in [-0.2, -0.15) is 13.2 Å². The Morgan fingerprint density at radius 2 is 2.16 bits per heavy atom. The number of hydrogen-bond acceptors (Lipinski definition) is 9. The predicted molar refractivity (Wildman–Crippen MR) is 104 cm³/mol. The van der Waals surface area contributed by atoms with Crippen molar-refractivity contribution in [1.29, 1.82) is 0 Å². The molecule has 1 aromatic heterocycles. The van der Waals surface area contributed by atoms with Crippen molar-refractivity contribution in [2.75, 3.05) is 12.3 Å². The van der Waals surface area contributed by atoms with Crippen LogP contribution in [0.15, 0.2) is 28.7 Å². The number of benzene rings is 1. The standard InChI is InChI=1S/C17H15BF3N3O6S/c19-17(20,21)7-29-24-13(11-6-31-16(22)23-11)12(25)5-9-4-8-2-1-3-10(15(26)27)14(8)30-18(9)28/h1-3,6,9,28H,4-5,7H2,(H2,22,23)(H,26,27)/b24-13-/t9-/m1/s1. The number of carbonyl (C=O) groups is 2. The van der Waals surface area contributed by atoms with E-state index in [0.29, 0.717) is 5.56 Å². The summed E-state index contributed by atoms with van der Waals surface area (Å²) in [5.41, 5.74) is 5.32. The van der Waals surface area contributed by atoms with E-state index in [-0.39, 0.29) is 35.0 Å². The van der Waals surface area contributed by atoms with E-state index in [9.17, 15) is 32.9 Å². The number of rotatable bonds is 7. The molecule has 0 radical (unpaired) electrons. The smallest absolute Gasteiger partial charge is 0.526 e. The fourth-order valence-corrected chi connectivity index (χ4v) is 3.52. The Labute approximate surface area is 177 Å². The van der Waals surface area contributed by atoms with Gasteiger partial charge in [-0.25, -0.2) is 9.78 Å². The molecule has 164 valence electrons. The number of oxime groups is 1. The Morgan fingerprint density at radius 3 is 2.77 bits per heavy atom. The molecule has 2 aromatic rings. The molecule has 1 aliphatic heterocycles. The highest BCUT2D eigenvalue weighted by molar-refractivity contribution is 7.13. The SMILES string of the molecule is Nc1nc(/C(=N/OCC(F)(F)F)C(=O)C[C@H]2Cc3cccc(C(=O)O)c3OB2O)cs1. The summed E-state index contributed by atoms with van der Waals surface area (Å²) in [5.74, 6) is -2.80. The molecular weight excluding hydrogens is 442 g/mol. The number of ketones is 1. The first kappa shape index (κ1) is 22.6. The minimum Gasteiger partial charge on any atom is -0.535 e. The number of carboxylic acids is 1. The largest absolute Gasteiger partial charge is 0.535 e. The van der Waals surface area contributed by atoms with E-state index in [1.165, 1.54) is 17.5 Å². The maximum absolute atomic E-state index is 12.8. The third kappa shape index (κ3) is 5.52. The van der Waals surface area contributed by atoms with Crippen LogP contribution in [0.4, 0.5) is 18.3 Å². The van der Waals surface area contributed by atoms with Gasteiger partial charge >= 0.3 is 19.3 Å². The number of nitrogen functional groups attached to an aromatic ring is 1. The second-order valence-electron chi connectivity index (χ2n) is 6.60. The van der Waals surface area contributed by atoms with E-state index in [4.69, 9.17) is 10.4 Å². The van der Waals surface area contributed by atoms with E-state index in [0.717, 1.165) is 11.3 Å². The zero-order valence-electron chi connectivity index (χ0n) is 15.6. The number of aromatic carboxylic acids is 1. The molecule has 0 saturated heterocycles. The Bertz CT molecular complexity index is 1030. The van der Waals surface area contributed by atoms with Crippen LogP contribution in [0.5, 0.6) is 5.75 Å². The number of aromatic nitrogens is 1. The molecule has 0 amide bonds. The monoisotopic (exact) mass is 457 g/mol. The molecule has 0 fully saturated rings. The topological polar surface area (TPSA) is 144 Å². The highest BCUT2D eigenvalue weighted by atomic mass is 32.1. The second kappa shape index (κ2) is 8.94. The Hall–Kier alpha value is -3.13. The molecule has 0 aliphatic carbocycles. The predicted octanol–water partition coefficient (Wildman–Crippen LogP) is 2.15. The molecule has 14 heteroatoms. The van der Waals surface area contributed by atoms with Gasteiger partial charge in [0.1, 0.15) is 11.4 Å². The van der Waals surface area contributed by atoms with Gasteiger partial charge in [-0.15, -0.1) is 11.3 Å². The number of halogens is 3. The first-order valence-electron chi connectivity index (χ1n) is 8.76. The van der Waals surface area contributed by atoms with Crippen molar-refractivity contribution in [2.24, 2.45) is 5.16 Å². The molecule has 1 aliphatic rings. The van der Waals surface area contributed by atoms with Gasteiger partial charge in [0.15, 0.2) is 16.6 Å². The van der Waals surface area contributed by atoms with Crippen molar-refractivity contribution in [1.82, 2.24) is 4.98 Å². The van der Waals surface area contributed by atoms with Crippen LogP contribution in [0.2, 0.25) is 5.82 Å². The minimum absolute atomic E-state index is 0.000810. The van der Waals surface area contributed by atoms with Crippen molar-refractivity contribution < 1.29 is 42.4 Å². The molecule has 1 atom stereocenters. The summed E-state index contributed by atoms with van der Waals surface area (Å²) < 4.78 is 42.4. The summed E-state index contributed by atoms with van der Waals surface area (Å²) in [4.78, 5) is 32.2. The molecule has 1 aromatic carbocycles. The van der Waals surface area contributed by atoms with Crippen molar-refractivity contribution in [3.8, 4) is 5.75 Å². The maximum atomic E-state index is 12.8. The first-order chi connectivity index (χ1) is 14.5. The van der Waals surface area contributed by atoms with Crippen LogP contribution in [0.1, 0.15) is 28.0 Å². The highest BCUT2D eigenvalue weighted by Gasteiger charge is 2.39. The number of Topliss-reactive ketones (excluding diaryl/α,β-unsaturated/α-hetero) is 1. The average molecular weight is 457 g/mol. The summed E-state index contributed by atoms with van der Waals surface area (Å²) in [7, 11) is -1.52. The molecule has 0 spiro atoms. The number of anilines is 1. The van der Waals surface area contributed by atoms with Gasteiger partial charge in [-0.1, -0.05) is 17.3 Å². The van der Waals surface area contributed by atoms with Gasteiger partial charge in [0.2, 0.25) is 6.61 Å². The molecule has 4 N–H and O–H groups in total. The molecule has 3 rings (SSSR count). The number of para-hydroxylation sites is 1. The lowest BCUT2D eigenvalue weighted by atomic mass is 9.64. The lowest BCUT2D eigenvalue weighted by Crippen LogP contribution is -2.37. The summed E-state index contributed by atoms with van der Waals surface area (Å²) in [6.45, 7) is -1.70. The van der Waals surface area contributed by atoms with Gasteiger partial charge in [0.25, 0.3) is 0 Å². The number of alkyl halides is 3. The van der Waals surface area contributed by atoms with Crippen molar-refractivity contribution in [3.05, 3.63) is 40.4 Å². The van der Waals surface area contributed by atoms with E-state index in [1.54, 1.807) is 6.07 Å². The number of thiazole rings is 1. The van der Waals surface area contributed by atoms with Crippen molar-refractivity contribution in [2.45, 2.75) is 24.8 Å². The molecule has 31 heavy (non-hydrogen) atoms. The fraction of sp³-hybridized carbons (Fsp3) is 0.294. The quantitative estimate of drug-likeness (QED) is 0.326. The van der Waals surface area contributed by atoms with Crippen LogP contribution in [-0.2, 0) is 16.1 Å². The Balaban J connectivity index is 1.80. The van der Waals surface area contributed by atoms with E-state index in [2.05, 4.69) is 15.0 Å². The van der Waals surface area contributed by atoms with Crippen LogP contribution in [0, 0.1) is 0 Å². The number of nitrogens with two attached hydrogens (primary N) is 1. The van der Waals surface area contributed by atoms with Gasteiger partial charge < -0.3 is 25.4 Å². The number of nitrogens with zero attached hydrogens (tertiary/aromatic N) is 2.